The van der Waals surface area contributed by atoms with Crippen LogP contribution in [0.15, 0.2) is 29.3 Å². The van der Waals surface area contributed by atoms with Crippen LogP contribution in [-0.4, -0.2) is 64.6 Å². The summed E-state index contributed by atoms with van der Waals surface area (Å²) in [5, 5.41) is 15.4. The van der Waals surface area contributed by atoms with E-state index in [1.54, 1.807) is 12.1 Å². The molecule has 2 aromatic rings. The van der Waals surface area contributed by atoms with Crippen LogP contribution in [0.1, 0.15) is 31.3 Å². The highest BCUT2D eigenvalue weighted by Gasteiger charge is 2.22. The van der Waals surface area contributed by atoms with Crippen molar-refractivity contribution < 1.29 is 5.11 Å². The van der Waals surface area contributed by atoms with E-state index in [1.165, 1.54) is 11.5 Å². The van der Waals surface area contributed by atoms with Crippen molar-refractivity contribution in [3.8, 4) is 0 Å². The summed E-state index contributed by atoms with van der Waals surface area (Å²) in [5.74, 6) is 1.75. The number of aliphatic hydroxyl groups is 1. The van der Waals surface area contributed by atoms with Gasteiger partial charge in [-0.25, -0.2) is 4.98 Å². The van der Waals surface area contributed by atoms with E-state index in [0.717, 1.165) is 61.6 Å². The van der Waals surface area contributed by atoms with Crippen molar-refractivity contribution in [3.63, 3.8) is 0 Å². The molecule has 2 N–H and O–H groups in total. The van der Waals surface area contributed by atoms with E-state index < -0.39 is 6.10 Å². The SMILES string of the molecule is CCNC(=NCC(O)c1ccc(Cl)cc1)N1CCN(c2nc(CC)ns2)CC1. The lowest BCUT2D eigenvalue weighted by molar-refractivity contribution is 0.186. The number of benzene rings is 1. The molecular formula is C19H27ClN6OS. The number of aromatic nitrogens is 2. The molecule has 0 spiro atoms. The zero-order chi connectivity index (χ0) is 19.9. The smallest absolute Gasteiger partial charge is 0.205 e. The van der Waals surface area contributed by atoms with Gasteiger partial charge in [0, 0.05) is 55.7 Å². The first kappa shape index (κ1) is 20.8. The number of aliphatic hydroxyl groups excluding tert-OH is 1. The summed E-state index contributed by atoms with van der Waals surface area (Å²) in [6.45, 7) is 8.67. The third-order valence-corrected chi connectivity index (χ3v) is 5.69. The number of aryl methyl sites for hydroxylation is 1. The topological polar surface area (TPSA) is 76.9 Å². The maximum atomic E-state index is 10.4. The average Bonchev–Trinajstić information content (AvgIpc) is 3.21. The van der Waals surface area contributed by atoms with E-state index >= 15 is 0 Å². The third kappa shape index (κ3) is 5.33. The molecule has 2 heterocycles. The van der Waals surface area contributed by atoms with Crippen LogP contribution >= 0.6 is 23.1 Å². The molecule has 1 aliphatic rings. The summed E-state index contributed by atoms with van der Waals surface area (Å²) in [6.07, 6.45) is 0.213. The van der Waals surface area contributed by atoms with E-state index in [1.807, 2.05) is 12.1 Å². The van der Waals surface area contributed by atoms with Gasteiger partial charge in [-0.3, -0.25) is 4.99 Å². The van der Waals surface area contributed by atoms with Gasteiger partial charge in [0.05, 0.1) is 12.6 Å². The molecular weight excluding hydrogens is 396 g/mol. The van der Waals surface area contributed by atoms with Crippen LogP contribution in [0.25, 0.3) is 0 Å². The molecule has 0 bridgehead atoms. The molecule has 0 amide bonds. The van der Waals surface area contributed by atoms with Gasteiger partial charge in [0.15, 0.2) is 5.96 Å². The highest BCUT2D eigenvalue weighted by atomic mass is 35.5. The van der Waals surface area contributed by atoms with E-state index in [4.69, 9.17) is 11.6 Å². The minimum Gasteiger partial charge on any atom is -0.386 e. The van der Waals surface area contributed by atoms with E-state index in [9.17, 15) is 5.11 Å². The second kappa shape index (κ2) is 10.0. The molecule has 1 aliphatic heterocycles. The van der Waals surface area contributed by atoms with Crippen LogP contribution in [0.3, 0.4) is 0 Å². The van der Waals surface area contributed by atoms with Crippen molar-refractivity contribution in [2.45, 2.75) is 26.4 Å². The molecule has 7 nitrogen and oxygen atoms in total. The van der Waals surface area contributed by atoms with Gasteiger partial charge in [0.1, 0.15) is 5.82 Å². The first-order valence-electron chi connectivity index (χ1n) is 9.65. The van der Waals surface area contributed by atoms with E-state index in [-0.39, 0.29) is 0 Å². The first-order valence-corrected chi connectivity index (χ1v) is 10.8. The Labute approximate surface area is 175 Å². The van der Waals surface area contributed by atoms with Crippen LogP contribution in [0.4, 0.5) is 5.13 Å². The number of nitrogens with zero attached hydrogens (tertiary/aromatic N) is 5. The van der Waals surface area contributed by atoms with Gasteiger partial charge in [-0.05, 0) is 24.6 Å². The Bertz CT molecular complexity index is 773. The van der Waals surface area contributed by atoms with Gasteiger partial charge in [-0.1, -0.05) is 30.7 Å². The molecule has 1 aromatic carbocycles. The highest BCUT2D eigenvalue weighted by molar-refractivity contribution is 7.09. The van der Waals surface area contributed by atoms with Crippen molar-refractivity contribution in [3.05, 3.63) is 40.7 Å². The maximum absolute atomic E-state index is 10.4. The largest absolute Gasteiger partial charge is 0.386 e. The van der Waals surface area contributed by atoms with Crippen LogP contribution in [0.5, 0.6) is 0 Å². The molecule has 1 atom stereocenters. The second-order valence-corrected chi connectivity index (χ2v) is 7.75. The number of guanidine groups is 1. The molecule has 28 heavy (non-hydrogen) atoms. The first-order chi connectivity index (χ1) is 13.6. The van der Waals surface area contributed by atoms with Crippen molar-refractivity contribution in [1.29, 1.82) is 0 Å². The minimum absolute atomic E-state index is 0.306. The van der Waals surface area contributed by atoms with E-state index in [2.05, 4.69) is 43.3 Å². The molecule has 0 radical (unpaired) electrons. The molecule has 3 rings (SSSR count). The monoisotopic (exact) mass is 422 g/mol. The highest BCUT2D eigenvalue weighted by Crippen LogP contribution is 2.20. The Morgan fingerprint density at radius 2 is 1.96 bits per heavy atom. The Balaban J connectivity index is 1.59. The summed E-state index contributed by atoms with van der Waals surface area (Å²) < 4.78 is 4.38. The standard InChI is InChI=1S/C19H27ClN6OS/c1-3-17-23-19(28-24-17)26-11-9-25(10-12-26)18(21-4-2)22-13-16(27)14-5-7-15(20)8-6-14/h5-8,16,27H,3-4,9-13H2,1-2H3,(H,21,22). The van der Waals surface area contributed by atoms with Crippen molar-refractivity contribution in [1.82, 2.24) is 19.6 Å². The lowest BCUT2D eigenvalue weighted by Gasteiger charge is -2.36. The van der Waals surface area contributed by atoms with Gasteiger partial charge in [0.25, 0.3) is 0 Å². The number of rotatable bonds is 6. The Morgan fingerprint density at radius 3 is 2.57 bits per heavy atom. The number of piperazine rings is 1. The third-order valence-electron chi connectivity index (χ3n) is 4.63. The fourth-order valence-corrected chi connectivity index (χ4v) is 3.94. The van der Waals surface area contributed by atoms with Gasteiger partial charge in [-0.2, -0.15) is 4.37 Å². The van der Waals surface area contributed by atoms with Gasteiger partial charge >= 0.3 is 0 Å². The van der Waals surface area contributed by atoms with Crippen LogP contribution in [0.2, 0.25) is 5.02 Å². The van der Waals surface area contributed by atoms with Crippen LogP contribution < -0.4 is 10.2 Å². The summed E-state index contributed by atoms with van der Waals surface area (Å²) in [7, 11) is 0. The number of nitrogens with one attached hydrogen (secondary N) is 1. The van der Waals surface area contributed by atoms with Gasteiger partial charge in [0.2, 0.25) is 5.13 Å². The fraction of sp³-hybridized carbons (Fsp3) is 0.526. The normalized spacial score (nSPS) is 16.4. The van der Waals surface area contributed by atoms with Crippen molar-refractivity contribution in [2.75, 3.05) is 44.2 Å². The van der Waals surface area contributed by atoms with Crippen LogP contribution in [-0.2, 0) is 6.42 Å². The lowest BCUT2D eigenvalue weighted by Crippen LogP contribution is -2.52. The fourth-order valence-electron chi connectivity index (χ4n) is 3.02. The van der Waals surface area contributed by atoms with Crippen molar-refractivity contribution >= 4 is 34.2 Å². The van der Waals surface area contributed by atoms with E-state index in [0.29, 0.717) is 11.6 Å². The molecule has 1 aromatic heterocycles. The minimum atomic E-state index is -0.652. The number of anilines is 1. The Kier molecular flexibility index (Phi) is 7.47. The molecule has 1 unspecified atom stereocenters. The summed E-state index contributed by atoms with van der Waals surface area (Å²) in [4.78, 5) is 13.7. The number of halogens is 1. The lowest BCUT2D eigenvalue weighted by atomic mass is 10.1. The zero-order valence-corrected chi connectivity index (χ0v) is 17.9. The van der Waals surface area contributed by atoms with Gasteiger partial charge < -0.3 is 20.2 Å². The van der Waals surface area contributed by atoms with Crippen LogP contribution in [0, 0.1) is 0 Å². The molecule has 1 fully saturated rings. The van der Waals surface area contributed by atoms with Crippen molar-refractivity contribution in [2.24, 2.45) is 4.99 Å². The molecule has 0 aliphatic carbocycles. The molecule has 9 heteroatoms. The number of aliphatic imine (C=N–C) groups is 1. The second-order valence-electron chi connectivity index (χ2n) is 6.58. The Morgan fingerprint density at radius 1 is 1.25 bits per heavy atom. The molecule has 1 saturated heterocycles. The predicted octanol–water partition coefficient (Wildman–Crippen LogP) is 2.58. The number of hydrogen-bond acceptors (Lipinski definition) is 6. The number of hydrogen-bond donors (Lipinski definition) is 2. The maximum Gasteiger partial charge on any atom is 0.205 e. The quantitative estimate of drug-likeness (QED) is 0.550. The average molecular weight is 423 g/mol. The zero-order valence-electron chi connectivity index (χ0n) is 16.3. The Hall–Kier alpha value is -1.90. The molecule has 0 saturated carbocycles. The molecule has 152 valence electrons. The predicted molar refractivity (Wildman–Crippen MR) is 115 cm³/mol. The summed E-state index contributed by atoms with van der Waals surface area (Å²) >= 11 is 7.39. The summed E-state index contributed by atoms with van der Waals surface area (Å²) in [6, 6.07) is 7.24. The van der Waals surface area contributed by atoms with Gasteiger partial charge in [-0.15, -0.1) is 0 Å². The summed E-state index contributed by atoms with van der Waals surface area (Å²) in [5.41, 5.74) is 0.816.